The highest BCUT2D eigenvalue weighted by molar-refractivity contribution is 5.79. The van der Waals surface area contributed by atoms with Gasteiger partial charge in [-0.15, -0.1) is 0 Å². The number of H-pyrrole nitrogens is 1. The summed E-state index contributed by atoms with van der Waals surface area (Å²) >= 11 is 0. The van der Waals surface area contributed by atoms with Crippen LogP contribution in [0.3, 0.4) is 0 Å². The van der Waals surface area contributed by atoms with Crippen molar-refractivity contribution >= 4 is 28.0 Å². The van der Waals surface area contributed by atoms with Gasteiger partial charge in [-0.25, -0.2) is 9.78 Å². The van der Waals surface area contributed by atoms with Crippen molar-refractivity contribution in [2.45, 2.75) is 51.5 Å². The van der Waals surface area contributed by atoms with Gasteiger partial charge in [0.2, 0.25) is 5.91 Å². The van der Waals surface area contributed by atoms with E-state index in [0.717, 1.165) is 77.9 Å². The van der Waals surface area contributed by atoms with Crippen molar-refractivity contribution in [3.63, 3.8) is 0 Å². The Morgan fingerprint density at radius 2 is 1.89 bits per heavy atom. The number of ether oxygens (including phenoxy) is 2. The highest BCUT2D eigenvalue weighted by Gasteiger charge is 2.29. The Kier molecular flexibility index (Phi) is 8.84. The van der Waals surface area contributed by atoms with E-state index >= 15 is 0 Å². The summed E-state index contributed by atoms with van der Waals surface area (Å²) in [4.78, 5) is 36.2. The summed E-state index contributed by atoms with van der Waals surface area (Å²) in [5, 5.41) is 0. The third-order valence-corrected chi connectivity index (χ3v) is 8.75. The predicted octanol–water partition coefficient (Wildman–Crippen LogP) is 5.69. The van der Waals surface area contributed by atoms with Crippen LogP contribution in [0.2, 0.25) is 0 Å². The number of piperidine rings is 1. The number of rotatable bonds is 11. The van der Waals surface area contributed by atoms with E-state index < -0.39 is 0 Å². The maximum absolute atomic E-state index is 13.5. The zero-order chi connectivity index (χ0) is 30.6. The van der Waals surface area contributed by atoms with Crippen LogP contribution < -0.4 is 10.4 Å². The number of amides is 1. The van der Waals surface area contributed by atoms with E-state index in [2.05, 4.69) is 34.7 Å². The second-order valence-corrected chi connectivity index (χ2v) is 12.0. The number of methoxy groups -OCH3 is 2. The van der Waals surface area contributed by atoms with Gasteiger partial charge < -0.3 is 23.9 Å². The van der Waals surface area contributed by atoms with Crippen LogP contribution >= 0.6 is 0 Å². The molecule has 0 saturated carbocycles. The van der Waals surface area contributed by atoms with E-state index in [-0.39, 0.29) is 23.4 Å². The lowest BCUT2D eigenvalue weighted by molar-refractivity contribution is -0.133. The second kappa shape index (κ2) is 13.1. The first kappa shape index (κ1) is 29.7. The summed E-state index contributed by atoms with van der Waals surface area (Å²) in [6, 6.07) is 21.9. The summed E-state index contributed by atoms with van der Waals surface area (Å²) in [6.45, 7) is 5.20. The van der Waals surface area contributed by atoms with E-state index in [4.69, 9.17) is 14.5 Å². The van der Waals surface area contributed by atoms with E-state index in [1.54, 1.807) is 18.8 Å². The molecule has 9 heteroatoms. The highest BCUT2D eigenvalue weighted by Crippen LogP contribution is 2.30. The Hall–Kier alpha value is -4.37. The molecule has 1 aliphatic rings. The largest absolute Gasteiger partial charge is 0.497 e. The van der Waals surface area contributed by atoms with Gasteiger partial charge in [0, 0.05) is 51.8 Å². The summed E-state index contributed by atoms with van der Waals surface area (Å²) in [5.41, 5.74) is 5.43. The molecule has 0 radical (unpaired) electrons. The zero-order valence-corrected chi connectivity index (χ0v) is 25.8. The lowest BCUT2D eigenvalue weighted by atomic mass is 9.94. The molecule has 5 aromatic rings. The maximum Gasteiger partial charge on any atom is 0.331 e. The summed E-state index contributed by atoms with van der Waals surface area (Å²) in [6.07, 6.45) is 4.22. The van der Waals surface area contributed by atoms with Crippen molar-refractivity contribution in [3.05, 3.63) is 88.6 Å². The molecule has 2 atom stereocenters. The van der Waals surface area contributed by atoms with Gasteiger partial charge in [0.1, 0.15) is 11.6 Å². The van der Waals surface area contributed by atoms with Gasteiger partial charge in [-0.1, -0.05) is 31.2 Å². The van der Waals surface area contributed by atoms with Crippen molar-refractivity contribution in [1.82, 2.24) is 24.0 Å². The Morgan fingerprint density at radius 1 is 1.07 bits per heavy atom. The molecular weight excluding hydrogens is 554 g/mol. The van der Waals surface area contributed by atoms with E-state index in [1.807, 2.05) is 53.4 Å². The fraction of sp³-hybridized carbons (Fsp3) is 0.400. The first-order valence-electron chi connectivity index (χ1n) is 15.5. The third kappa shape index (κ3) is 6.15. The number of hydrogen-bond acceptors (Lipinski definition) is 5. The minimum atomic E-state index is -0.189. The maximum atomic E-state index is 13.5. The number of aryl methyl sites for hydroxylation is 1. The third-order valence-electron chi connectivity index (χ3n) is 8.75. The first-order valence-corrected chi connectivity index (χ1v) is 15.5. The molecule has 3 aromatic carbocycles. The SMILES string of the molecule is COCCCn1c([C@@H]2CCCN(C(=O)C[C@H](C)Cc3ccc(-n4c(=O)[nH]c5ccc(OC)cc54)cc3)C2)nc2ccccc21. The van der Waals surface area contributed by atoms with Crippen LogP contribution in [-0.2, 0) is 22.5 Å². The van der Waals surface area contributed by atoms with Crippen LogP contribution in [0, 0.1) is 5.92 Å². The topological polar surface area (TPSA) is 94.4 Å². The molecule has 44 heavy (non-hydrogen) atoms. The highest BCUT2D eigenvalue weighted by atomic mass is 16.5. The van der Waals surface area contributed by atoms with Crippen LogP contribution in [0.4, 0.5) is 0 Å². The number of nitrogens with one attached hydrogen (secondary N) is 1. The fourth-order valence-corrected chi connectivity index (χ4v) is 6.57. The number of imidazole rings is 2. The zero-order valence-electron chi connectivity index (χ0n) is 25.8. The van der Waals surface area contributed by atoms with Crippen LogP contribution in [0.25, 0.3) is 27.8 Å². The number of nitrogens with zero attached hydrogens (tertiary/aromatic N) is 4. The minimum Gasteiger partial charge on any atom is -0.497 e. The molecule has 2 aromatic heterocycles. The number of carbonyl (C=O) groups excluding carboxylic acids is 1. The summed E-state index contributed by atoms with van der Waals surface area (Å²) in [5.74, 6) is 2.40. The summed E-state index contributed by atoms with van der Waals surface area (Å²) in [7, 11) is 3.35. The van der Waals surface area contributed by atoms with E-state index in [1.165, 1.54) is 0 Å². The Bertz CT molecular complexity index is 1800. The van der Waals surface area contributed by atoms with Gasteiger partial charge >= 0.3 is 5.69 Å². The van der Waals surface area contributed by atoms with Gasteiger partial charge in [-0.05, 0) is 73.6 Å². The van der Waals surface area contributed by atoms with Crippen LogP contribution in [0.1, 0.15) is 49.9 Å². The average Bonchev–Trinajstić information content (AvgIpc) is 3.58. The van der Waals surface area contributed by atoms with Crippen molar-refractivity contribution < 1.29 is 14.3 Å². The summed E-state index contributed by atoms with van der Waals surface area (Å²) < 4.78 is 14.7. The number of aromatic amines is 1. The molecule has 1 fully saturated rings. The number of para-hydroxylation sites is 2. The quantitative estimate of drug-likeness (QED) is 0.198. The smallest absolute Gasteiger partial charge is 0.331 e. The molecule has 1 N–H and O–H groups in total. The number of likely N-dealkylation sites (tertiary alicyclic amines) is 1. The van der Waals surface area contributed by atoms with Gasteiger partial charge in [0.05, 0.1) is 34.9 Å². The van der Waals surface area contributed by atoms with E-state index in [9.17, 15) is 9.59 Å². The predicted molar refractivity (Wildman–Crippen MR) is 173 cm³/mol. The monoisotopic (exact) mass is 595 g/mol. The molecule has 0 spiro atoms. The molecule has 0 unspecified atom stereocenters. The molecule has 0 bridgehead atoms. The fourth-order valence-electron chi connectivity index (χ4n) is 6.57. The number of aromatic nitrogens is 4. The second-order valence-electron chi connectivity index (χ2n) is 12.0. The number of fused-ring (bicyclic) bond motifs is 2. The average molecular weight is 596 g/mol. The van der Waals surface area contributed by atoms with Crippen LogP contribution in [0.5, 0.6) is 5.75 Å². The van der Waals surface area contributed by atoms with Gasteiger partial charge in [-0.2, -0.15) is 0 Å². The number of hydrogen-bond donors (Lipinski definition) is 1. The van der Waals surface area contributed by atoms with Crippen molar-refractivity contribution in [1.29, 1.82) is 0 Å². The molecule has 9 nitrogen and oxygen atoms in total. The Labute approximate surface area is 257 Å². The first-order chi connectivity index (χ1) is 21.4. The molecule has 230 valence electrons. The molecular formula is C35H41N5O4. The van der Waals surface area contributed by atoms with Crippen molar-refractivity contribution in [3.8, 4) is 11.4 Å². The van der Waals surface area contributed by atoms with E-state index in [0.29, 0.717) is 25.3 Å². The molecule has 3 heterocycles. The molecule has 1 aliphatic heterocycles. The molecule has 0 aliphatic carbocycles. The van der Waals surface area contributed by atoms with Gasteiger partial charge in [0.25, 0.3) is 0 Å². The van der Waals surface area contributed by atoms with Gasteiger partial charge in [-0.3, -0.25) is 9.36 Å². The van der Waals surface area contributed by atoms with Crippen molar-refractivity contribution in [2.24, 2.45) is 5.92 Å². The molecule has 1 saturated heterocycles. The van der Waals surface area contributed by atoms with Crippen molar-refractivity contribution in [2.75, 3.05) is 33.9 Å². The Morgan fingerprint density at radius 3 is 2.68 bits per heavy atom. The molecule has 6 rings (SSSR count). The minimum absolute atomic E-state index is 0.187. The number of carbonyl (C=O) groups is 1. The lowest BCUT2D eigenvalue weighted by Crippen LogP contribution is -2.40. The molecule has 1 amide bonds. The number of benzene rings is 3. The normalized spacial score (nSPS) is 16.1. The Balaban J connectivity index is 1.10. The standard InChI is InChI=1S/C35H41N5O4/c1-24(20-25-11-13-27(14-12-25)40-32-22-28(44-3)15-16-30(32)37-35(40)42)21-33(41)38-17-6-8-26(23-38)34-36-29-9-4-5-10-31(29)39(34)18-7-19-43-2/h4-5,9-16,22,24,26H,6-8,17-21,23H2,1-3H3,(H,37,42)/t24-,26-/m1/s1. The van der Waals surface area contributed by atoms with Gasteiger partial charge in [0.15, 0.2) is 0 Å². The van der Waals surface area contributed by atoms with Crippen LogP contribution in [-0.4, -0.2) is 63.8 Å². The lowest BCUT2D eigenvalue weighted by Gasteiger charge is -2.33. The van der Waals surface area contributed by atoms with Crippen LogP contribution in [0.15, 0.2) is 71.5 Å².